The van der Waals surface area contributed by atoms with Crippen LogP contribution in [-0.4, -0.2) is 24.7 Å². The van der Waals surface area contributed by atoms with Crippen molar-refractivity contribution in [1.82, 2.24) is 5.32 Å². The van der Waals surface area contributed by atoms with E-state index in [9.17, 15) is 4.39 Å². The van der Waals surface area contributed by atoms with Crippen molar-refractivity contribution < 1.29 is 4.39 Å². The van der Waals surface area contributed by atoms with Gasteiger partial charge < -0.3 is 10.2 Å². The van der Waals surface area contributed by atoms with E-state index in [0.717, 1.165) is 19.0 Å². The van der Waals surface area contributed by atoms with E-state index in [0.29, 0.717) is 10.7 Å². The first-order chi connectivity index (χ1) is 8.99. The van der Waals surface area contributed by atoms with Crippen LogP contribution in [0.3, 0.4) is 0 Å². The van der Waals surface area contributed by atoms with Crippen LogP contribution in [0, 0.1) is 11.7 Å². The van der Waals surface area contributed by atoms with Gasteiger partial charge in [0.15, 0.2) is 0 Å². The van der Waals surface area contributed by atoms with E-state index in [2.05, 4.69) is 24.1 Å². The molecule has 1 aromatic carbocycles. The quantitative estimate of drug-likeness (QED) is 0.894. The minimum atomic E-state index is -0.184. The molecule has 3 rings (SSSR count). The van der Waals surface area contributed by atoms with Gasteiger partial charge in [0.1, 0.15) is 5.82 Å². The SMILES string of the molecule is CC1CNC(C)(C2CC2)CN1c1cc(Cl)ccc1F. The van der Waals surface area contributed by atoms with E-state index in [4.69, 9.17) is 11.6 Å². The second kappa shape index (κ2) is 4.64. The van der Waals surface area contributed by atoms with Crippen molar-refractivity contribution in [1.29, 1.82) is 0 Å². The van der Waals surface area contributed by atoms with Gasteiger partial charge in [0.2, 0.25) is 0 Å². The number of piperazine rings is 1. The largest absolute Gasteiger partial charge is 0.363 e. The summed E-state index contributed by atoms with van der Waals surface area (Å²) in [5.74, 6) is 0.543. The number of nitrogens with one attached hydrogen (secondary N) is 1. The van der Waals surface area contributed by atoms with Gasteiger partial charge in [-0.1, -0.05) is 11.6 Å². The molecular formula is C15H20ClFN2. The third-order valence-corrected chi connectivity index (χ3v) is 4.76. The Morgan fingerprint density at radius 3 is 2.84 bits per heavy atom. The lowest BCUT2D eigenvalue weighted by Crippen LogP contribution is -2.63. The fourth-order valence-corrected chi connectivity index (χ4v) is 3.25. The minimum Gasteiger partial charge on any atom is -0.363 e. The summed E-state index contributed by atoms with van der Waals surface area (Å²) in [6.45, 7) is 6.11. The molecule has 1 N–H and O–H groups in total. The van der Waals surface area contributed by atoms with Crippen LogP contribution in [0.25, 0.3) is 0 Å². The molecule has 4 heteroatoms. The van der Waals surface area contributed by atoms with Gasteiger partial charge in [0, 0.05) is 29.7 Å². The molecule has 2 atom stereocenters. The third-order valence-electron chi connectivity index (χ3n) is 4.53. The molecule has 1 saturated heterocycles. The molecule has 0 radical (unpaired) electrons. The molecule has 0 spiro atoms. The zero-order valence-corrected chi connectivity index (χ0v) is 12.2. The van der Waals surface area contributed by atoms with Crippen LogP contribution in [0.5, 0.6) is 0 Å². The van der Waals surface area contributed by atoms with E-state index in [1.807, 2.05) is 0 Å². The maximum atomic E-state index is 14.1. The number of hydrogen-bond donors (Lipinski definition) is 1. The van der Waals surface area contributed by atoms with Crippen molar-refractivity contribution >= 4 is 17.3 Å². The third kappa shape index (κ3) is 2.46. The number of hydrogen-bond acceptors (Lipinski definition) is 2. The number of anilines is 1. The topological polar surface area (TPSA) is 15.3 Å². The summed E-state index contributed by atoms with van der Waals surface area (Å²) in [7, 11) is 0. The van der Waals surface area contributed by atoms with Crippen LogP contribution in [0.4, 0.5) is 10.1 Å². The van der Waals surface area contributed by atoms with Gasteiger partial charge in [0.25, 0.3) is 0 Å². The molecule has 0 aromatic heterocycles. The summed E-state index contributed by atoms with van der Waals surface area (Å²) in [5.41, 5.74) is 0.731. The number of benzene rings is 1. The lowest BCUT2D eigenvalue weighted by molar-refractivity contribution is 0.259. The second-order valence-corrected chi connectivity index (χ2v) is 6.58. The van der Waals surface area contributed by atoms with Crippen molar-refractivity contribution in [2.24, 2.45) is 5.92 Å². The Bertz CT molecular complexity index is 489. The van der Waals surface area contributed by atoms with Crippen LogP contribution in [0.15, 0.2) is 18.2 Å². The summed E-state index contributed by atoms with van der Waals surface area (Å²) in [4.78, 5) is 2.16. The van der Waals surface area contributed by atoms with Crippen LogP contribution in [0.1, 0.15) is 26.7 Å². The summed E-state index contributed by atoms with van der Waals surface area (Å²) in [6, 6.07) is 5.08. The summed E-state index contributed by atoms with van der Waals surface area (Å²) >= 11 is 6.02. The average Bonchev–Trinajstić information content (AvgIpc) is 3.20. The molecule has 2 aliphatic rings. The van der Waals surface area contributed by atoms with E-state index >= 15 is 0 Å². The lowest BCUT2D eigenvalue weighted by Gasteiger charge is -2.47. The Labute approximate surface area is 118 Å². The second-order valence-electron chi connectivity index (χ2n) is 6.15. The smallest absolute Gasteiger partial charge is 0.146 e. The number of nitrogens with zero attached hydrogens (tertiary/aromatic N) is 1. The highest BCUT2D eigenvalue weighted by atomic mass is 35.5. The molecule has 2 unspecified atom stereocenters. The Morgan fingerprint density at radius 2 is 2.16 bits per heavy atom. The van der Waals surface area contributed by atoms with Crippen LogP contribution in [0.2, 0.25) is 5.02 Å². The highest BCUT2D eigenvalue weighted by Crippen LogP contribution is 2.42. The van der Waals surface area contributed by atoms with Gasteiger partial charge in [-0.2, -0.15) is 0 Å². The number of rotatable bonds is 2. The molecule has 1 aliphatic heterocycles. The van der Waals surface area contributed by atoms with Gasteiger partial charge >= 0.3 is 0 Å². The molecule has 2 nitrogen and oxygen atoms in total. The van der Waals surface area contributed by atoms with E-state index in [1.54, 1.807) is 12.1 Å². The Kier molecular flexibility index (Phi) is 3.22. The molecule has 1 aromatic rings. The molecule has 1 heterocycles. The predicted octanol–water partition coefficient (Wildman–Crippen LogP) is 3.45. The fraction of sp³-hybridized carbons (Fsp3) is 0.600. The van der Waals surface area contributed by atoms with Gasteiger partial charge in [0.05, 0.1) is 5.69 Å². The Hall–Kier alpha value is -0.800. The number of halogens is 2. The van der Waals surface area contributed by atoms with Crippen molar-refractivity contribution in [2.75, 3.05) is 18.0 Å². The molecule has 0 amide bonds. The van der Waals surface area contributed by atoms with Crippen molar-refractivity contribution in [3.63, 3.8) is 0 Å². The zero-order chi connectivity index (χ0) is 13.6. The minimum absolute atomic E-state index is 0.0985. The van der Waals surface area contributed by atoms with Gasteiger partial charge in [-0.15, -0.1) is 0 Å². The molecule has 0 bridgehead atoms. The van der Waals surface area contributed by atoms with Gasteiger partial charge in [-0.25, -0.2) is 4.39 Å². The van der Waals surface area contributed by atoms with E-state index in [1.165, 1.54) is 18.9 Å². The van der Waals surface area contributed by atoms with Gasteiger partial charge in [-0.05, 0) is 50.8 Å². The first-order valence-corrected chi connectivity index (χ1v) is 7.34. The monoisotopic (exact) mass is 282 g/mol. The maximum Gasteiger partial charge on any atom is 0.146 e. The van der Waals surface area contributed by atoms with Crippen molar-refractivity contribution in [2.45, 2.75) is 38.3 Å². The molecular weight excluding hydrogens is 263 g/mol. The van der Waals surface area contributed by atoms with E-state index < -0.39 is 0 Å². The highest BCUT2D eigenvalue weighted by Gasteiger charge is 2.45. The Balaban J connectivity index is 1.90. The maximum absolute atomic E-state index is 14.1. The van der Waals surface area contributed by atoms with Gasteiger partial charge in [-0.3, -0.25) is 0 Å². The fourth-order valence-electron chi connectivity index (χ4n) is 3.08. The molecule has 104 valence electrons. The summed E-state index contributed by atoms with van der Waals surface area (Å²) < 4.78 is 14.1. The van der Waals surface area contributed by atoms with Crippen LogP contribution >= 0.6 is 11.6 Å². The van der Waals surface area contributed by atoms with E-state index in [-0.39, 0.29) is 17.4 Å². The average molecular weight is 283 g/mol. The standard InChI is InChI=1S/C15H20ClFN2/c1-10-8-18-15(2,11-3-4-11)9-19(10)14-7-12(16)5-6-13(14)17/h5-7,10-11,18H,3-4,8-9H2,1-2H3. The highest BCUT2D eigenvalue weighted by molar-refractivity contribution is 6.30. The molecule has 1 saturated carbocycles. The first kappa shape index (κ1) is 13.2. The first-order valence-electron chi connectivity index (χ1n) is 6.96. The van der Waals surface area contributed by atoms with Crippen molar-refractivity contribution in [3.8, 4) is 0 Å². The normalized spacial score (nSPS) is 31.6. The Morgan fingerprint density at radius 1 is 1.42 bits per heavy atom. The predicted molar refractivity (Wildman–Crippen MR) is 77.3 cm³/mol. The molecule has 1 aliphatic carbocycles. The van der Waals surface area contributed by atoms with Crippen LogP contribution in [-0.2, 0) is 0 Å². The summed E-state index contributed by atoms with van der Waals surface area (Å²) in [5, 5.41) is 4.24. The zero-order valence-electron chi connectivity index (χ0n) is 11.4. The molecule has 19 heavy (non-hydrogen) atoms. The molecule has 2 fully saturated rings. The summed E-state index contributed by atoms with van der Waals surface area (Å²) in [6.07, 6.45) is 2.56. The van der Waals surface area contributed by atoms with Crippen molar-refractivity contribution in [3.05, 3.63) is 29.0 Å². The lowest BCUT2D eigenvalue weighted by atomic mass is 9.91. The van der Waals surface area contributed by atoms with Crippen LogP contribution < -0.4 is 10.2 Å².